The van der Waals surface area contributed by atoms with Crippen LogP contribution in [-0.2, 0) is 6.18 Å². The molecule has 1 aliphatic rings. The smallest absolute Gasteiger partial charge is 0.450 e. The molecule has 0 bridgehead atoms. The summed E-state index contributed by atoms with van der Waals surface area (Å²) in [6, 6.07) is 13.9. The molecule has 0 amide bonds. The number of halogens is 4. The summed E-state index contributed by atoms with van der Waals surface area (Å²) in [5.41, 5.74) is -1.62. The van der Waals surface area contributed by atoms with E-state index >= 15 is 0 Å². The second kappa shape index (κ2) is 8.21. The van der Waals surface area contributed by atoms with Crippen molar-refractivity contribution in [1.29, 1.82) is 0 Å². The van der Waals surface area contributed by atoms with Crippen molar-refractivity contribution in [3.05, 3.63) is 86.7 Å². The van der Waals surface area contributed by atoms with Gasteiger partial charge in [-0.2, -0.15) is 13.2 Å². The zero-order valence-corrected chi connectivity index (χ0v) is 18.5. The van der Waals surface area contributed by atoms with E-state index in [4.69, 9.17) is 18.6 Å². The first-order chi connectivity index (χ1) is 16.2. The van der Waals surface area contributed by atoms with Gasteiger partial charge in [-0.05, 0) is 48.0 Å². The molecule has 1 aliphatic heterocycles. The van der Waals surface area contributed by atoms with Gasteiger partial charge >= 0.3 is 12.1 Å². The minimum atomic E-state index is -4.94. The lowest BCUT2D eigenvalue weighted by Gasteiger charge is -2.13. The highest BCUT2D eigenvalue weighted by Crippen LogP contribution is 2.38. The zero-order valence-electron chi connectivity index (χ0n) is 16.9. The molecule has 0 atom stereocenters. The fraction of sp³-hybridized carbons (Fsp3) is 0.0833. The molecule has 0 saturated heterocycles. The first-order valence-electron chi connectivity index (χ1n) is 9.76. The third-order valence-corrected chi connectivity index (χ3v) is 5.60. The van der Waals surface area contributed by atoms with Crippen molar-refractivity contribution >= 4 is 32.9 Å². The largest absolute Gasteiger partial charge is 0.454 e. The summed E-state index contributed by atoms with van der Waals surface area (Å²) in [6.45, 7) is 0.0291. The standard InChI is InChI=1S/C24H12BrF3O6/c25-14-4-1-12(2-5-14)20-21(29)16-7-6-15(10-18(16)34-22(20)24(26,27)28)33-23(30)13-3-8-17-19(9-13)32-11-31-17/h1-10H,11H2. The van der Waals surface area contributed by atoms with Gasteiger partial charge < -0.3 is 18.6 Å². The molecular weight excluding hydrogens is 521 g/mol. The number of carbonyl (C=O) groups excluding carboxylic acids is 1. The third-order valence-electron chi connectivity index (χ3n) is 5.07. The summed E-state index contributed by atoms with van der Waals surface area (Å²) in [5, 5.41) is -0.0891. The summed E-state index contributed by atoms with van der Waals surface area (Å²) in [4.78, 5) is 25.6. The molecule has 5 rings (SSSR count). The Hall–Kier alpha value is -3.79. The molecule has 6 nitrogen and oxygen atoms in total. The van der Waals surface area contributed by atoms with Gasteiger partial charge in [0.05, 0.1) is 16.5 Å². The van der Waals surface area contributed by atoms with Crippen LogP contribution in [0.4, 0.5) is 13.2 Å². The molecule has 0 radical (unpaired) electrons. The minimum absolute atomic E-state index is 0.0291. The molecule has 172 valence electrons. The maximum atomic E-state index is 13.8. The Morgan fingerprint density at radius 2 is 1.68 bits per heavy atom. The summed E-state index contributed by atoms with van der Waals surface area (Å²) in [5.74, 6) is -1.46. The lowest BCUT2D eigenvalue weighted by Crippen LogP contribution is -2.16. The number of carbonyl (C=O) groups is 1. The molecule has 0 saturated carbocycles. The topological polar surface area (TPSA) is 75.0 Å². The Labute approximate surface area is 197 Å². The normalized spacial score (nSPS) is 12.7. The van der Waals surface area contributed by atoms with Gasteiger partial charge in [0.15, 0.2) is 11.5 Å². The number of hydrogen-bond acceptors (Lipinski definition) is 6. The van der Waals surface area contributed by atoms with Crippen LogP contribution in [0, 0.1) is 0 Å². The van der Waals surface area contributed by atoms with Crippen molar-refractivity contribution in [2.24, 2.45) is 0 Å². The van der Waals surface area contributed by atoms with E-state index in [9.17, 15) is 22.8 Å². The molecule has 0 aliphatic carbocycles. The highest BCUT2D eigenvalue weighted by Gasteiger charge is 2.39. The van der Waals surface area contributed by atoms with Gasteiger partial charge in [-0.25, -0.2) is 4.79 Å². The van der Waals surface area contributed by atoms with Gasteiger partial charge in [0, 0.05) is 10.5 Å². The van der Waals surface area contributed by atoms with Gasteiger partial charge in [0.2, 0.25) is 18.0 Å². The molecule has 3 aromatic carbocycles. The van der Waals surface area contributed by atoms with E-state index in [0.29, 0.717) is 16.0 Å². The molecule has 0 unspecified atom stereocenters. The van der Waals surface area contributed by atoms with Crippen molar-refractivity contribution < 1.29 is 36.6 Å². The second-order valence-electron chi connectivity index (χ2n) is 7.26. The molecule has 34 heavy (non-hydrogen) atoms. The lowest BCUT2D eigenvalue weighted by atomic mass is 10.0. The van der Waals surface area contributed by atoms with E-state index in [0.717, 1.165) is 6.07 Å². The van der Waals surface area contributed by atoms with Crippen LogP contribution in [0.3, 0.4) is 0 Å². The maximum Gasteiger partial charge on any atom is 0.450 e. The van der Waals surface area contributed by atoms with Gasteiger partial charge in [0.25, 0.3) is 0 Å². The van der Waals surface area contributed by atoms with E-state index in [-0.39, 0.29) is 34.6 Å². The van der Waals surface area contributed by atoms with Crippen LogP contribution in [0.1, 0.15) is 16.1 Å². The Balaban J connectivity index is 1.55. The van der Waals surface area contributed by atoms with E-state index in [1.165, 1.54) is 54.6 Å². The maximum absolute atomic E-state index is 13.8. The van der Waals surface area contributed by atoms with Crippen LogP contribution in [-0.4, -0.2) is 12.8 Å². The number of alkyl halides is 3. The number of ether oxygens (including phenoxy) is 3. The molecule has 0 spiro atoms. The molecular formula is C24H12BrF3O6. The zero-order chi connectivity index (χ0) is 24.0. The molecule has 4 aromatic rings. The Morgan fingerprint density at radius 1 is 0.941 bits per heavy atom. The Bertz CT molecular complexity index is 1490. The quantitative estimate of drug-likeness (QED) is 0.231. The average molecular weight is 533 g/mol. The molecule has 2 heterocycles. The van der Waals surface area contributed by atoms with Crippen molar-refractivity contribution in [1.82, 2.24) is 0 Å². The number of rotatable bonds is 3. The van der Waals surface area contributed by atoms with E-state index < -0.39 is 28.9 Å². The Morgan fingerprint density at radius 3 is 2.41 bits per heavy atom. The fourth-order valence-corrected chi connectivity index (χ4v) is 3.77. The second-order valence-corrected chi connectivity index (χ2v) is 8.17. The number of hydrogen-bond donors (Lipinski definition) is 0. The van der Waals surface area contributed by atoms with E-state index in [1.54, 1.807) is 0 Å². The predicted octanol–water partition coefficient (Wildman–Crippen LogP) is 6.19. The van der Waals surface area contributed by atoms with Crippen molar-refractivity contribution in [3.8, 4) is 28.4 Å². The first-order valence-corrected chi connectivity index (χ1v) is 10.6. The van der Waals surface area contributed by atoms with Gasteiger partial charge in [-0.15, -0.1) is 0 Å². The van der Waals surface area contributed by atoms with Crippen LogP contribution >= 0.6 is 15.9 Å². The summed E-state index contributed by atoms with van der Waals surface area (Å²) < 4.78 is 62.9. The number of fused-ring (bicyclic) bond motifs is 2. The highest BCUT2D eigenvalue weighted by atomic mass is 79.9. The summed E-state index contributed by atoms with van der Waals surface area (Å²) in [7, 11) is 0. The van der Waals surface area contributed by atoms with E-state index in [1.807, 2.05) is 0 Å². The Kier molecular flexibility index (Phi) is 5.32. The van der Waals surface area contributed by atoms with Crippen LogP contribution in [0.5, 0.6) is 17.2 Å². The van der Waals surface area contributed by atoms with Crippen molar-refractivity contribution in [3.63, 3.8) is 0 Å². The fourth-order valence-electron chi connectivity index (χ4n) is 3.50. The number of benzene rings is 3. The molecule has 0 N–H and O–H groups in total. The monoisotopic (exact) mass is 532 g/mol. The summed E-state index contributed by atoms with van der Waals surface area (Å²) >= 11 is 3.21. The van der Waals surface area contributed by atoms with Gasteiger partial charge in [0.1, 0.15) is 11.3 Å². The van der Waals surface area contributed by atoms with Gasteiger partial charge in [-0.3, -0.25) is 4.79 Å². The highest BCUT2D eigenvalue weighted by molar-refractivity contribution is 9.10. The van der Waals surface area contributed by atoms with Crippen LogP contribution in [0.2, 0.25) is 0 Å². The first kappa shape index (κ1) is 22.0. The van der Waals surface area contributed by atoms with Crippen molar-refractivity contribution in [2.45, 2.75) is 6.18 Å². The third kappa shape index (κ3) is 4.01. The minimum Gasteiger partial charge on any atom is -0.454 e. The lowest BCUT2D eigenvalue weighted by molar-refractivity contribution is -0.152. The van der Waals surface area contributed by atoms with E-state index in [2.05, 4.69) is 15.9 Å². The van der Waals surface area contributed by atoms with Crippen LogP contribution < -0.4 is 19.6 Å². The summed E-state index contributed by atoms with van der Waals surface area (Å²) in [6.07, 6.45) is -4.94. The SMILES string of the molecule is O=C(Oc1ccc2c(=O)c(-c3ccc(Br)cc3)c(C(F)(F)F)oc2c1)c1ccc2c(c1)OCO2. The van der Waals surface area contributed by atoms with Crippen molar-refractivity contribution in [2.75, 3.05) is 6.79 Å². The van der Waals surface area contributed by atoms with Crippen LogP contribution in [0.15, 0.2) is 74.3 Å². The molecule has 10 heteroatoms. The number of esters is 1. The molecule has 0 fully saturated rings. The van der Waals surface area contributed by atoms with Gasteiger partial charge in [-0.1, -0.05) is 28.1 Å². The average Bonchev–Trinajstić information content (AvgIpc) is 3.27. The van der Waals surface area contributed by atoms with Crippen LogP contribution in [0.25, 0.3) is 22.1 Å². The predicted molar refractivity (Wildman–Crippen MR) is 118 cm³/mol. The molecule has 1 aromatic heterocycles.